The van der Waals surface area contributed by atoms with Crippen molar-refractivity contribution in [2.75, 3.05) is 6.61 Å². The van der Waals surface area contributed by atoms with E-state index in [4.69, 9.17) is 9.84 Å². The first-order valence-electron chi connectivity index (χ1n) is 6.33. The number of nitrogens with zero attached hydrogens (tertiary/aromatic N) is 1. The molecule has 0 spiro atoms. The first kappa shape index (κ1) is 15.5. The number of hydrogen-bond acceptors (Lipinski definition) is 3. The van der Waals surface area contributed by atoms with Crippen LogP contribution in [0.4, 0.5) is 0 Å². The minimum absolute atomic E-state index is 0.131. The second-order valence-electron chi connectivity index (χ2n) is 4.51. The molecular formula is C15H15BrNO4+. The third kappa shape index (κ3) is 4.84. The molecule has 0 aliphatic heterocycles. The van der Waals surface area contributed by atoms with Crippen molar-refractivity contribution in [1.29, 1.82) is 0 Å². The van der Waals surface area contributed by atoms with E-state index in [1.165, 1.54) is 12.3 Å². The number of pyridine rings is 1. The lowest BCUT2D eigenvalue weighted by atomic mass is 10.3. The lowest BCUT2D eigenvalue weighted by Gasteiger charge is -2.10. The van der Waals surface area contributed by atoms with Crippen molar-refractivity contribution in [2.24, 2.45) is 0 Å². The van der Waals surface area contributed by atoms with E-state index < -0.39 is 12.1 Å². The molecule has 5 nitrogen and oxygen atoms in total. The third-order valence-electron chi connectivity index (χ3n) is 2.78. The summed E-state index contributed by atoms with van der Waals surface area (Å²) in [5.74, 6) is -0.327. The number of ether oxygens (including phenoxy) is 1. The largest absolute Gasteiger partial charge is 0.491 e. The Morgan fingerprint density at radius 3 is 2.67 bits per heavy atom. The summed E-state index contributed by atoms with van der Waals surface area (Å²) >= 11 is 3.33. The summed E-state index contributed by atoms with van der Waals surface area (Å²) in [6, 6.07) is 10.4. The fourth-order valence-corrected chi connectivity index (χ4v) is 2.05. The molecule has 0 aliphatic carbocycles. The van der Waals surface area contributed by atoms with Crippen LogP contribution in [0.1, 0.15) is 10.4 Å². The summed E-state index contributed by atoms with van der Waals surface area (Å²) in [5, 5.41) is 18.9. The van der Waals surface area contributed by atoms with Gasteiger partial charge in [0.1, 0.15) is 24.0 Å². The second kappa shape index (κ2) is 7.19. The summed E-state index contributed by atoms with van der Waals surface area (Å²) in [6.07, 6.45) is 2.45. The van der Waals surface area contributed by atoms with Gasteiger partial charge in [0.15, 0.2) is 18.9 Å². The number of carbonyl (C=O) groups is 1. The molecule has 110 valence electrons. The van der Waals surface area contributed by atoms with Crippen LogP contribution in [0.15, 0.2) is 53.3 Å². The van der Waals surface area contributed by atoms with E-state index in [1.807, 2.05) is 12.1 Å². The van der Waals surface area contributed by atoms with Gasteiger partial charge < -0.3 is 14.9 Å². The van der Waals surface area contributed by atoms with E-state index in [1.54, 1.807) is 29.0 Å². The lowest BCUT2D eigenvalue weighted by molar-refractivity contribution is -0.703. The van der Waals surface area contributed by atoms with Gasteiger partial charge in [-0.15, -0.1) is 0 Å². The van der Waals surface area contributed by atoms with Crippen LogP contribution in [0.25, 0.3) is 0 Å². The number of carboxylic acid groups (broad SMARTS) is 1. The SMILES string of the molecule is O=C(O)c1ccc[n+](C[C@H](O)COc2ccc(Br)cc2)c1. The standard InChI is InChI=1S/C15H14BrNO4/c16-12-3-5-14(6-4-12)21-10-13(18)9-17-7-1-2-11(8-17)15(19)20/h1-8,13,18H,9-10H2/p+1/t13-/m0/s1. The van der Waals surface area contributed by atoms with Gasteiger partial charge in [-0.25, -0.2) is 9.36 Å². The summed E-state index contributed by atoms with van der Waals surface area (Å²) in [4.78, 5) is 10.9. The van der Waals surface area contributed by atoms with E-state index in [9.17, 15) is 9.90 Å². The van der Waals surface area contributed by atoms with Crippen LogP contribution < -0.4 is 9.30 Å². The molecule has 21 heavy (non-hydrogen) atoms. The van der Waals surface area contributed by atoms with E-state index in [-0.39, 0.29) is 18.7 Å². The maximum absolute atomic E-state index is 10.9. The Bertz CT molecular complexity index is 615. The number of carboxylic acids is 1. The summed E-state index contributed by atoms with van der Waals surface area (Å²) in [6.45, 7) is 0.392. The highest BCUT2D eigenvalue weighted by Crippen LogP contribution is 2.16. The lowest BCUT2D eigenvalue weighted by Crippen LogP contribution is -2.42. The number of aliphatic hydroxyl groups excluding tert-OH is 1. The van der Waals surface area contributed by atoms with Gasteiger partial charge in [-0.2, -0.15) is 0 Å². The Kier molecular flexibility index (Phi) is 5.30. The molecular weight excluding hydrogens is 338 g/mol. The molecule has 2 aromatic rings. The Morgan fingerprint density at radius 1 is 1.29 bits per heavy atom. The number of aromatic nitrogens is 1. The van der Waals surface area contributed by atoms with E-state index in [0.717, 1.165) is 4.47 Å². The quantitative estimate of drug-likeness (QED) is 0.778. The van der Waals surface area contributed by atoms with Crippen molar-refractivity contribution in [2.45, 2.75) is 12.6 Å². The Morgan fingerprint density at radius 2 is 2.00 bits per heavy atom. The molecule has 0 amide bonds. The number of halogens is 1. The van der Waals surface area contributed by atoms with E-state index >= 15 is 0 Å². The predicted octanol–water partition coefficient (Wildman–Crippen LogP) is 1.87. The number of benzene rings is 1. The molecule has 0 bridgehead atoms. The highest BCUT2D eigenvalue weighted by atomic mass is 79.9. The molecule has 0 saturated carbocycles. The first-order chi connectivity index (χ1) is 10.0. The van der Waals surface area contributed by atoms with Crippen LogP contribution in [0.5, 0.6) is 5.75 Å². The van der Waals surface area contributed by atoms with Crippen LogP contribution in [0.3, 0.4) is 0 Å². The fourth-order valence-electron chi connectivity index (χ4n) is 1.78. The highest BCUT2D eigenvalue weighted by molar-refractivity contribution is 9.10. The molecule has 1 aromatic heterocycles. The third-order valence-corrected chi connectivity index (χ3v) is 3.31. The van der Waals surface area contributed by atoms with Crippen molar-refractivity contribution in [3.05, 3.63) is 58.8 Å². The fraction of sp³-hybridized carbons (Fsp3) is 0.200. The molecule has 0 fully saturated rings. The van der Waals surface area contributed by atoms with Gasteiger partial charge in [-0.1, -0.05) is 15.9 Å². The summed E-state index contributed by atoms with van der Waals surface area (Å²) in [7, 11) is 0. The van der Waals surface area contributed by atoms with E-state index in [0.29, 0.717) is 5.75 Å². The van der Waals surface area contributed by atoms with Gasteiger partial charge in [0, 0.05) is 10.5 Å². The molecule has 1 atom stereocenters. The van der Waals surface area contributed by atoms with Crippen LogP contribution >= 0.6 is 15.9 Å². The highest BCUT2D eigenvalue weighted by Gasteiger charge is 2.14. The van der Waals surface area contributed by atoms with Crippen LogP contribution in [0, 0.1) is 0 Å². The zero-order valence-corrected chi connectivity index (χ0v) is 12.7. The van der Waals surface area contributed by atoms with Crippen molar-refractivity contribution in [3.8, 4) is 5.75 Å². The predicted molar refractivity (Wildman–Crippen MR) is 79.2 cm³/mol. The Balaban J connectivity index is 1.89. The van der Waals surface area contributed by atoms with Gasteiger partial charge in [-0.3, -0.25) is 0 Å². The average Bonchev–Trinajstić information content (AvgIpc) is 2.47. The molecule has 0 aliphatic rings. The van der Waals surface area contributed by atoms with Crippen molar-refractivity contribution < 1.29 is 24.3 Å². The van der Waals surface area contributed by atoms with Crippen molar-refractivity contribution >= 4 is 21.9 Å². The number of hydrogen-bond donors (Lipinski definition) is 2. The normalized spacial score (nSPS) is 11.9. The smallest absolute Gasteiger partial charge is 0.341 e. The van der Waals surface area contributed by atoms with Crippen LogP contribution in [-0.2, 0) is 6.54 Å². The minimum atomic E-state index is -0.995. The Hall–Kier alpha value is -1.92. The van der Waals surface area contributed by atoms with Crippen molar-refractivity contribution in [3.63, 3.8) is 0 Å². The van der Waals surface area contributed by atoms with Crippen LogP contribution in [0.2, 0.25) is 0 Å². The zero-order chi connectivity index (χ0) is 15.2. The van der Waals surface area contributed by atoms with Crippen molar-refractivity contribution in [1.82, 2.24) is 0 Å². The van der Waals surface area contributed by atoms with Gasteiger partial charge in [0.2, 0.25) is 0 Å². The number of aliphatic hydroxyl groups is 1. The molecule has 1 heterocycles. The maximum atomic E-state index is 10.9. The van der Waals surface area contributed by atoms with Gasteiger partial charge in [0.25, 0.3) is 0 Å². The molecule has 1 aromatic carbocycles. The molecule has 0 saturated heterocycles. The number of aromatic carboxylic acids is 1. The molecule has 2 rings (SSSR count). The maximum Gasteiger partial charge on any atom is 0.341 e. The molecule has 0 radical (unpaired) electrons. The first-order valence-corrected chi connectivity index (χ1v) is 7.13. The average molecular weight is 353 g/mol. The van der Waals surface area contributed by atoms with E-state index in [2.05, 4.69) is 15.9 Å². The van der Waals surface area contributed by atoms with Gasteiger partial charge >= 0.3 is 5.97 Å². The molecule has 0 unspecified atom stereocenters. The summed E-state index contributed by atoms with van der Waals surface area (Å²) < 4.78 is 8.05. The Labute approximate surface area is 130 Å². The number of rotatable bonds is 6. The summed E-state index contributed by atoms with van der Waals surface area (Å²) in [5.41, 5.74) is 0.179. The van der Waals surface area contributed by atoms with Gasteiger partial charge in [0.05, 0.1) is 0 Å². The molecule has 6 heteroatoms. The monoisotopic (exact) mass is 352 g/mol. The minimum Gasteiger partial charge on any atom is -0.491 e. The van der Waals surface area contributed by atoms with Gasteiger partial charge in [-0.05, 0) is 30.3 Å². The van der Waals surface area contributed by atoms with Crippen LogP contribution in [-0.4, -0.2) is 28.9 Å². The molecule has 2 N–H and O–H groups in total. The topological polar surface area (TPSA) is 70.6 Å². The zero-order valence-electron chi connectivity index (χ0n) is 11.1. The second-order valence-corrected chi connectivity index (χ2v) is 5.43.